The highest BCUT2D eigenvalue weighted by atomic mass is 16.5. The molecule has 0 saturated carbocycles. The largest absolute Gasteiger partial charge is 0.383 e. The molecule has 4 nitrogen and oxygen atoms in total. The zero-order valence-electron chi connectivity index (χ0n) is 11.3. The number of methoxy groups -OCH3 is 1. The fourth-order valence-electron chi connectivity index (χ4n) is 1.80. The monoisotopic (exact) mass is 239 g/mol. The van der Waals surface area contributed by atoms with Gasteiger partial charge in [0.15, 0.2) is 0 Å². The summed E-state index contributed by atoms with van der Waals surface area (Å²) >= 11 is 0. The topological polar surface area (TPSA) is 39.1 Å². The molecule has 0 bridgehead atoms. The van der Waals surface area contributed by atoms with Crippen LogP contribution in [0, 0.1) is 5.92 Å². The summed E-state index contributed by atoms with van der Waals surface area (Å²) in [7, 11) is 1.71. The highest BCUT2D eigenvalue weighted by Crippen LogP contribution is 2.10. The first-order chi connectivity index (χ1) is 8.30. The minimum Gasteiger partial charge on any atom is -0.383 e. The maximum atomic E-state index is 4.98. The Morgan fingerprint density at radius 3 is 2.82 bits per heavy atom. The van der Waals surface area contributed by atoms with Crippen LogP contribution in [0.5, 0.6) is 0 Å². The minimum absolute atomic E-state index is 0.740. The van der Waals surface area contributed by atoms with Crippen LogP contribution in [0.1, 0.15) is 32.4 Å². The molecule has 1 heterocycles. The highest BCUT2D eigenvalue weighted by Gasteiger charge is 2.05. The summed E-state index contributed by atoms with van der Waals surface area (Å²) in [6.45, 7) is 7.95. The normalized spacial score (nSPS) is 11.3. The smallest absolute Gasteiger partial charge is 0.0762 e. The van der Waals surface area contributed by atoms with Crippen molar-refractivity contribution < 1.29 is 4.74 Å². The van der Waals surface area contributed by atoms with E-state index >= 15 is 0 Å². The second-order valence-electron chi connectivity index (χ2n) is 4.38. The molecule has 0 unspecified atom stereocenters. The van der Waals surface area contributed by atoms with E-state index in [1.54, 1.807) is 7.11 Å². The van der Waals surface area contributed by atoms with Gasteiger partial charge in [0.2, 0.25) is 0 Å². The van der Waals surface area contributed by atoms with Crippen molar-refractivity contribution in [3.8, 4) is 0 Å². The van der Waals surface area contributed by atoms with Gasteiger partial charge < -0.3 is 10.1 Å². The van der Waals surface area contributed by atoms with Crippen LogP contribution >= 0.6 is 0 Å². The Balaban J connectivity index is 2.32. The predicted octanol–water partition coefficient (Wildman–Crippen LogP) is 2.06. The van der Waals surface area contributed by atoms with Gasteiger partial charge in [-0.2, -0.15) is 5.10 Å². The molecule has 0 spiro atoms. The fourth-order valence-corrected chi connectivity index (χ4v) is 1.80. The van der Waals surface area contributed by atoms with Gasteiger partial charge in [-0.05, 0) is 12.0 Å². The lowest BCUT2D eigenvalue weighted by Gasteiger charge is -2.11. The van der Waals surface area contributed by atoms with E-state index in [1.165, 1.54) is 12.8 Å². The van der Waals surface area contributed by atoms with E-state index in [4.69, 9.17) is 4.74 Å². The van der Waals surface area contributed by atoms with E-state index in [-0.39, 0.29) is 0 Å². The van der Waals surface area contributed by atoms with E-state index in [2.05, 4.69) is 41.2 Å². The predicted molar refractivity (Wildman–Crippen MR) is 69.9 cm³/mol. The molecule has 0 fully saturated rings. The average molecular weight is 239 g/mol. The third kappa shape index (κ3) is 5.33. The van der Waals surface area contributed by atoms with Crippen LogP contribution in [0.2, 0.25) is 0 Å². The lowest BCUT2D eigenvalue weighted by Crippen LogP contribution is -2.19. The molecule has 98 valence electrons. The van der Waals surface area contributed by atoms with Crippen LogP contribution in [-0.2, 0) is 17.8 Å². The number of ether oxygens (including phenoxy) is 1. The Hall–Kier alpha value is -0.870. The second kappa shape index (κ2) is 8.25. The molecule has 0 aliphatic rings. The Morgan fingerprint density at radius 2 is 2.18 bits per heavy atom. The zero-order chi connectivity index (χ0) is 12.5. The van der Waals surface area contributed by atoms with Gasteiger partial charge in [-0.1, -0.05) is 26.7 Å². The third-order valence-electron chi connectivity index (χ3n) is 3.08. The molecule has 1 rings (SSSR count). The number of nitrogens with one attached hydrogen (secondary N) is 1. The van der Waals surface area contributed by atoms with Crippen LogP contribution in [0.25, 0.3) is 0 Å². The summed E-state index contributed by atoms with van der Waals surface area (Å²) in [4.78, 5) is 0. The maximum absolute atomic E-state index is 4.98. The van der Waals surface area contributed by atoms with E-state index < -0.39 is 0 Å². The average Bonchev–Trinajstić information content (AvgIpc) is 2.79. The third-order valence-corrected chi connectivity index (χ3v) is 3.08. The number of hydrogen-bond acceptors (Lipinski definition) is 3. The lowest BCUT2D eigenvalue weighted by atomic mass is 10.0. The molecule has 0 aliphatic carbocycles. The van der Waals surface area contributed by atoms with Crippen molar-refractivity contribution in [1.82, 2.24) is 15.1 Å². The van der Waals surface area contributed by atoms with Gasteiger partial charge in [0.25, 0.3) is 0 Å². The quantitative estimate of drug-likeness (QED) is 0.670. The SMILES string of the molecule is CCC(CC)Cn1ccc(CNCCOC)n1. The Kier molecular flexibility index (Phi) is 6.89. The number of aromatic nitrogens is 2. The first-order valence-corrected chi connectivity index (χ1v) is 6.52. The molecule has 17 heavy (non-hydrogen) atoms. The highest BCUT2D eigenvalue weighted by molar-refractivity contribution is 4.98. The van der Waals surface area contributed by atoms with Crippen LogP contribution in [0.4, 0.5) is 0 Å². The van der Waals surface area contributed by atoms with Crippen molar-refractivity contribution in [2.75, 3.05) is 20.3 Å². The first-order valence-electron chi connectivity index (χ1n) is 6.52. The van der Waals surface area contributed by atoms with E-state index in [0.29, 0.717) is 0 Å². The minimum atomic E-state index is 0.740. The Labute approximate surface area is 104 Å². The van der Waals surface area contributed by atoms with Crippen molar-refractivity contribution in [3.05, 3.63) is 18.0 Å². The van der Waals surface area contributed by atoms with Gasteiger partial charge in [-0.3, -0.25) is 4.68 Å². The summed E-state index contributed by atoms with van der Waals surface area (Å²) in [5.74, 6) is 0.740. The van der Waals surface area contributed by atoms with Gasteiger partial charge in [0.05, 0.1) is 12.3 Å². The molecule has 1 aromatic rings. The van der Waals surface area contributed by atoms with Gasteiger partial charge in [0, 0.05) is 32.9 Å². The fraction of sp³-hybridized carbons (Fsp3) is 0.769. The lowest BCUT2D eigenvalue weighted by molar-refractivity contribution is 0.199. The molecule has 1 aromatic heterocycles. The number of rotatable bonds is 9. The molecular weight excluding hydrogens is 214 g/mol. The van der Waals surface area contributed by atoms with Gasteiger partial charge in [-0.15, -0.1) is 0 Å². The number of hydrogen-bond donors (Lipinski definition) is 1. The van der Waals surface area contributed by atoms with Crippen LogP contribution in [0.3, 0.4) is 0 Å². The first kappa shape index (κ1) is 14.2. The maximum Gasteiger partial charge on any atom is 0.0762 e. The molecule has 0 amide bonds. The van der Waals surface area contributed by atoms with Crippen LogP contribution in [0.15, 0.2) is 12.3 Å². The summed E-state index contributed by atoms with van der Waals surface area (Å²) in [5, 5.41) is 7.85. The molecule has 0 atom stereocenters. The van der Waals surface area contributed by atoms with E-state index in [1.807, 2.05) is 0 Å². The van der Waals surface area contributed by atoms with Crippen molar-refractivity contribution in [2.24, 2.45) is 5.92 Å². The summed E-state index contributed by atoms with van der Waals surface area (Å²) in [6.07, 6.45) is 4.52. The molecular formula is C13H25N3O. The van der Waals surface area contributed by atoms with E-state index in [9.17, 15) is 0 Å². The molecule has 4 heteroatoms. The van der Waals surface area contributed by atoms with Gasteiger partial charge in [0.1, 0.15) is 0 Å². The van der Waals surface area contributed by atoms with Crippen molar-refractivity contribution in [1.29, 1.82) is 0 Å². The molecule has 1 N–H and O–H groups in total. The standard InChI is InChI=1S/C13H25N3O/c1-4-12(5-2)11-16-8-6-13(15-16)10-14-7-9-17-3/h6,8,12,14H,4-5,7,9-11H2,1-3H3. The Bertz CT molecular complexity index is 295. The molecule has 0 radical (unpaired) electrons. The van der Waals surface area contributed by atoms with Crippen LogP contribution < -0.4 is 5.32 Å². The van der Waals surface area contributed by atoms with Crippen molar-refractivity contribution >= 4 is 0 Å². The van der Waals surface area contributed by atoms with Crippen molar-refractivity contribution in [3.63, 3.8) is 0 Å². The Morgan fingerprint density at radius 1 is 1.41 bits per heavy atom. The van der Waals surface area contributed by atoms with Gasteiger partial charge in [-0.25, -0.2) is 0 Å². The van der Waals surface area contributed by atoms with E-state index in [0.717, 1.165) is 37.9 Å². The summed E-state index contributed by atoms with van der Waals surface area (Å²) in [5.41, 5.74) is 1.10. The zero-order valence-corrected chi connectivity index (χ0v) is 11.3. The van der Waals surface area contributed by atoms with Gasteiger partial charge >= 0.3 is 0 Å². The molecule has 0 aliphatic heterocycles. The summed E-state index contributed by atoms with van der Waals surface area (Å²) in [6, 6.07) is 2.09. The molecule has 0 aromatic carbocycles. The second-order valence-corrected chi connectivity index (χ2v) is 4.38. The summed E-state index contributed by atoms with van der Waals surface area (Å²) < 4.78 is 7.04. The van der Waals surface area contributed by atoms with Crippen LogP contribution in [-0.4, -0.2) is 30.0 Å². The molecule has 0 saturated heterocycles. The number of nitrogens with zero attached hydrogens (tertiary/aromatic N) is 2. The van der Waals surface area contributed by atoms with Crippen molar-refractivity contribution in [2.45, 2.75) is 39.8 Å².